The molecule has 0 bridgehead atoms. The Labute approximate surface area is 98.4 Å². The predicted molar refractivity (Wildman–Crippen MR) is 62.8 cm³/mol. The summed E-state index contributed by atoms with van der Waals surface area (Å²) in [5.74, 6) is 0. The van der Waals surface area contributed by atoms with E-state index in [0.717, 1.165) is 10.9 Å². The first-order valence-electron chi connectivity index (χ1n) is 5.23. The van der Waals surface area contributed by atoms with Gasteiger partial charge in [-0.05, 0) is 30.5 Å². The molecule has 0 amide bonds. The Bertz CT molecular complexity index is 351. The quantitative estimate of drug-likeness (QED) is 0.850. The zero-order valence-electron chi connectivity index (χ0n) is 8.74. The monoisotopic (exact) mass is 270 g/mol. The van der Waals surface area contributed by atoms with Crippen molar-refractivity contribution in [1.82, 2.24) is 0 Å². The second-order valence-electron chi connectivity index (χ2n) is 3.99. The Kier molecular flexibility index (Phi) is 3.44. The molecule has 0 saturated carbocycles. The largest absolute Gasteiger partial charge is 0.393 e. The Balaban J connectivity index is 2.24. The van der Waals surface area contributed by atoms with Crippen LogP contribution >= 0.6 is 15.9 Å². The highest BCUT2D eigenvalue weighted by Gasteiger charge is 2.23. The van der Waals surface area contributed by atoms with Crippen molar-refractivity contribution in [3.8, 4) is 0 Å². The molecule has 1 heterocycles. The molecule has 0 radical (unpaired) electrons. The average Bonchev–Trinajstić information content (AvgIpc) is 2.22. The zero-order chi connectivity index (χ0) is 10.8. The van der Waals surface area contributed by atoms with Crippen LogP contribution in [0.2, 0.25) is 0 Å². The van der Waals surface area contributed by atoms with E-state index in [-0.39, 0.29) is 12.2 Å². The first-order chi connectivity index (χ1) is 7.18. The summed E-state index contributed by atoms with van der Waals surface area (Å²) in [4.78, 5) is 0. The number of rotatable bonds is 1. The van der Waals surface area contributed by atoms with Crippen molar-refractivity contribution >= 4 is 15.9 Å². The molecule has 2 atom stereocenters. The first kappa shape index (κ1) is 11.1. The number of ether oxygens (including phenoxy) is 1. The molecule has 2 unspecified atom stereocenters. The lowest BCUT2D eigenvalue weighted by Gasteiger charge is -2.28. The molecule has 15 heavy (non-hydrogen) atoms. The van der Waals surface area contributed by atoms with Gasteiger partial charge in [0.1, 0.15) is 0 Å². The molecule has 2 nitrogen and oxygen atoms in total. The fourth-order valence-electron chi connectivity index (χ4n) is 1.97. The number of benzene rings is 1. The van der Waals surface area contributed by atoms with Crippen LogP contribution in [-0.4, -0.2) is 17.8 Å². The van der Waals surface area contributed by atoms with Gasteiger partial charge < -0.3 is 9.84 Å². The fraction of sp³-hybridized carbons (Fsp3) is 0.500. The van der Waals surface area contributed by atoms with Gasteiger partial charge in [0.15, 0.2) is 0 Å². The third kappa shape index (κ3) is 2.41. The van der Waals surface area contributed by atoms with Gasteiger partial charge in [0.25, 0.3) is 0 Å². The summed E-state index contributed by atoms with van der Waals surface area (Å²) in [5, 5.41) is 9.61. The maximum Gasteiger partial charge on any atom is 0.0852 e. The van der Waals surface area contributed by atoms with E-state index < -0.39 is 0 Å². The minimum absolute atomic E-state index is 0.0475. The van der Waals surface area contributed by atoms with Crippen molar-refractivity contribution in [1.29, 1.82) is 0 Å². The van der Waals surface area contributed by atoms with Crippen molar-refractivity contribution in [3.05, 3.63) is 33.8 Å². The van der Waals surface area contributed by atoms with Crippen molar-refractivity contribution < 1.29 is 9.84 Å². The van der Waals surface area contributed by atoms with Crippen LogP contribution < -0.4 is 0 Å². The van der Waals surface area contributed by atoms with Crippen LogP contribution in [0.3, 0.4) is 0 Å². The van der Waals surface area contributed by atoms with E-state index in [1.54, 1.807) is 0 Å². The summed E-state index contributed by atoms with van der Waals surface area (Å²) in [5.41, 5.74) is 2.39. The molecule has 1 fully saturated rings. The highest BCUT2D eigenvalue weighted by atomic mass is 79.9. The number of hydrogen-bond donors (Lipinski definition) is 1. The van der Waals surface area contributed by atoms with Crippen LogP contribution in [0.1, 0.15) is 30.1 Å². The predicted octanol–water partition coefficient (Wildman–Crippen LogP) is 2.97. The van der Waals surface area contributed by atoms with Gasteiger partial charge in [-0.3, -0.25) is 0 Å². The fourth-order valence-corrected chi connectivity index (χ4v) is 2.35. The van der Waals surface area contributed by atoms with Crippen LogP contribution in [-0.2, 0) is 4.74 Å². The third-order valence-electron chi connectivity index (χ3n) is 2.91. The molecule has 0 aliphatic carbocycles. The highest BCUT2D eigenvalue weighted by molar-refractivity contribution is 9.10. The molecule has 0 spiro atoms. The second kappa shape index (κ2) is 4.64. The minimum atomic E-state index is -0.220. The molecule has 1 N–H and O–H groups in total. The molecular weight excluding hydrogens is 256 g/mol. The van der Waals surface area contributed by atoms with Gasteiger partial charge in [-0.2, -0.15) is 0 Å². The molecule has 2 rings (SSSR count). The summed E-state index contributed by atoms with van der Waals surface area (Å²) in [6.45, 7) is 2.72. The molecule has 3 heteroatoms. The van der Waals surface area contributed by atoms with Gasteiger partial charge in [0, 0.05) is 17.5 Å². The molecule has 1 aromatic rings. The second-order valence-corrected chi connectivity index (χ2v) is 4.85. The molecule has 1 aliphatic rings. The lowest BCUT2D eigenvalue weighted by Crippen LogP contribution is -2.23. The van der Waals surface area contributed by atoms with Crippen molar-refractivity contribution in [3.63, 3.8) is 0 Å². The number of halogens is 1. The van der Waals surface area contributed by atoms with Crippen molar-refractivity contribution in [2.24, 2.45) is 0 Å². The van der Waals surface area contributed by atoms with E-state index >= 15 is 0 Å². The van der Waals surface area contributed by atoms with Crippen LogP contribution in [0, 0.1) is 6.92 Å². The SMILES string of the molecule is Cc1c(Br)cccc1C1CC(O)CCO1. The van der Waals surface area contributed by atoms with E-state index in [9.17, 15) is 5.11 Å². The molecule has 1 saturated heterocycles. The van der Waals surface area contributed by atoms with Gasteiger partial charge >= 0.3 is 0 Å². The topological polar surface area (TPSA) is 29.5 Å². The van der Waals surface area contributed by atoms with Gasteiger partial charge in [-0.1, -0.05) is 28.1 Å². The summed E-state index contributed by atoms with van der Waals surface area (Å²) < 4.78 is 6.79. The van der Waals surface area contributed by atoms with E-state index in [1.165, 1.54) is 11.1 Å². The Morgan fingerprint density at radius 2 is 2.27 bits per heavy atom. The maximum atomic E-state index is 9.61. The molecule has 1 aliphatic heterocycles. The zero-order valence-corrected chi connectivity index (χ0v) is 10.3. The van der Waals surface area contributed by atoms with Crippen LogP contribution in [0.4, 0.5) is 0 Å². The number of hydrogen-bond acceptors (Lipinski definition) is 2. The molecule has 82 valence electrons. The van der Waals surface area contributed by atoms with Crippen LogP contribution in [0.25, 0.3) is 0 Å². The van der Waals surface area contributed by atoms with Gasteiger partial charge in [0.2, 0.25) is 0 Å². The van der Waals surface area contributed by atoms with E-state index in [0.29, 0.717) is 13.0 Å². The lowest BCUT2D eigenvalue weighted by atomic mass is 9.96. The van der Waals surface area contributed by atoms with E-state index in [1.807, 2.05) is 12.1 Å². The Morgan fingerprint density at radius 3 is 3.00 bits per heavy atom. The lowest BCUT2D eigenvalue weighted by molar-refractivity contribution is -0.0450. The summed E-state index contributed by atoms with van der Waals surface area (Å²) in [6, 6.07) is 6.11. The third-order valence-corrected chi connectivity index (χ3v) is 3.77. The van der Waals surface area contributed by atoms with Gasteiger partial charge in [-0.25, -0.2) is 0 Å². The first-order valence-corrected chi connectivity index (χ1v) is 6.02. The summed E-state index contributed by atoms with van der Waals surface area (Å²) >= 11 is 3.51. The maximum absolute atomic E-state index is 9.61. The molecule has 1 aromatic carbocycles. The minimum Gasteiger partial charge on any atom is -0.393 e. The standard InChI is InChI=1S/C12H15BrO2/c1-8-10(3-2-4-11(8)13)12-7-9(14)5-6-15-12/h2-4,9,12,14H,5-7H2,1H3. The van der Waals surface area contributed by atoms with E-state index in [4.69, 9.17) is 4.74 Å². The Hall–Kier alpha value is -0.380. The smallest absolute Gasteiger partial charge is 0.0852 e. The number of aliphatic hydroxyl groups excluding tert-OH is 1. The van der Waals surface area contributed by atoms with Gasteiger partial charge in [0.05, 0.1) is 12.2 Å². The summed E-state index contributed by atoms with van der Waals surface area (Å²) in [7, 11) is 0. The van der Waals surface area contributed by atoms with Gasteiger partial charge in [-0.15, -0.1) is 0 Å². The van der Waals surface area contributed by atoms with E-state index in [2.05, 4.69) is 28.9 Å². The summed E-state index contributed by atoms with van der Waals surface area (Å²) in [6.07, 6.45) is 1.29. The van der Waals surface area contributed by atoms with Crippen LogP contribution in [0.5, 0.6) is 0 Å². The Morgan fingerprint density at radius 1 is 1.47 bits per heavy atom. The van der Waals surface area contributed by atoms with Crippen LogP contribution in [0.15, 0.2) is 22.7 Å². The van der Waals surface area contributed by atoms with Crippen molar-refractivity contribution in [2.75, 3.05) is 6.61 Å². The molecular formula is C12H15BrO2. The normalized spacial score (nSPS) is 26.6. The van der Waals surface area contributed by atoms with Crippen molar-refractivity contribution in [2.45, 2.75) is 32.0 Å². The highest BCUT2D eigenvalue weighted by Crippen LogP contribution is 2.32. The average molecular weight is 271 g/mol. The number of aliphatic hydroxyl groups is 1. The molecule has 0 aromatic heterocycles.